The van der Waals surface area contributed by atoms with Crippen molar-refractivity contribution in [3.05, 3.63) is 32.9 Å². The highest BCUT2D eigenvalue weighted by Gasteiger charge is 2.07. The van der Waals surface area contributed by atoms with Gasteiger partial charge >= 0.3 is 0 Å². The molecular formula is C11H14BrNS. The minimum absolute atomic E-state index is 0.588. The molecule has 0 fully saturated rings. The summed E-state index contributed by atoms with van der Waals surface area (Å²) in [6, 6.07) is 2.77. The molecule has 1 atom stereocenters. The van der Waals surface area contributed by atoms with Crippen LogP contribution in [0.4, 0.5) is 0 Å². The molecule has 3 heteroatoms. The first kappa shape index (κ1) is 10.4. The molecular weight excluding hydrogens is 258 g/mol. The molecule has 0 bridgehead atoms. The monoisotopic (exact) mass is 271 g/mol. The summed E-state index contributed by atoms with van der Waals surface area (Å²) >= 11 is 5.27. The Morgan fingerprint density at radius 1 is 1.57 bits per heavy atom. The smallest absolute Gasteiger partial charge is 0.0305 e. The molecule has 14 heavy (non-hydrogen) atoms. The Balaban J connectivity index is 1.82. The SMILES string of the molecule is Brc1csc(CNC2C=CCCC2)c1. The number of rotatable bonds is 3. The van der Waals surface area contributed by atoms with Crippen molar-refractivity contribution in [3.63, 3.8) is 0 Å². The minimum Gasteiger partial charge on any atom is -0.306 e. The van der Waals surface area contributed by atoms with Crippen LogP contribution < -0.4 is 5.32 Å². The van der Waals surface area contributed by atoms with Crippen LogP contribution in [0.1, 0.15) is 24.1 Å². The molecule has 76 valence electrons. The van der Waals surface area contributed by atoms with Crippen molar-refractivity contribution in [2.75, 3.05) is 0 Å². The lowest BCUT2D eigenvalue weighted by molar-refractivity contribution is 0.525. The summed E-state index contributed by atoms with van der Waals surface area (Å²) in [5, 5.41) is 5.69. The van der Waals surface area contributed by atoms with Crippen LogP contribution >= 0.6 is 27.3 Å². The summed E-state index contributed by atoms with van der Waals surface area (Å²) in [5.74, 6) is 0. The van der Waals surface area contributed by atoms with Gasteiger partial charge in [0.05, 0.1) is 0 Å². The second-order valence-electron chi connectivity index (χ2n) is 3.58. The topological polar surface area (TPSA) is 12.0 Å². The fourth-order valence-corrected chi connectivity index (χ4v) is 3.06. The van der Waals surface area contributed by atoms with Gasteiger partial charge < -0.3 is 5.32 Å². The second-order valence-corrected chi connectivity index (χ2v) is 5.49. The van der Waals surface area contributed by atoms with Crippen molar-refractivity contribution in [1.29, 1.82) is 0 Å². The quantitative estimate of drug-likeness (QED) is 0.827. The van der Waals surface area contributed by atoms with Crippen molar-refractivity contribution in [3.8, 4) is 0 Å². The standard InChI is InChI=1S/C11H14BrNS/c12-9-6-11(14-8-9)7-13-10-4-2-1-3-5-10/h2,4,6,8,10,13H,1,3,5,7H2. The average molecular weight is 272 g/mol. The molecule has 0 radical (unpaired) electrons. The summed E-state index contributed by atoms with van der Waals surface area (Å²) in [6.45, 7) is 0.991. The van der Waals surface area contributed by atoms with Gasteiger partial charge in [0, 0.05) is 27.3 Å². The third-order valence-electron chi connectivity index (χ3n) is 2.41. The molecule has 0 saturated heterocycles. The summed E-state index contributed by atoms with van der Waals surface area (Å²) in [5.41, 5.74) is 0. The van der Waals surface area contributed by atoms with Crippen LogP contribution in [-0.2, 0) is 6.54 Å². The number of allylic oxidation sites excluding steroid dienone is 1. The Hall–Kier alpha value is -0.120. The molecule has 1 N–H and O–H groups in total. The number of halogens is 1. The maximum Gasteiger partial charge on any atom is 0.0305 e. The first-order valence-corrected chi connectivity index (χ1v) is 6.65. The van der Waals surface area contributed by atoms with Gasteiger partial charge in [-0.2, -0.15) is 0 Å². The van der Waals surface area contributed by atoms with Gasteiger partial charge in [0.15, 0.2) is 0 Å². The molecule has 0 aromatic carbocycles. The lowest BCUT2D eigenvalue weighted by Crippen LogP contribution is -2.27. The second kappa shape index (κ2) is 5.10. The fourth-order valence-electron chi connectivity index (χ4n) is 1.66. The first-order valence-electron chi connectivity index (χ1n) is 4.97. The van der Waals surface area contributed by atoms with Crippen molar-refractivity contribution < 1.29 is 0 Å². The Labute approximate surface area is 97.3 Å². The van der Waals surface area contributed by atoms with Crippen LogP contribution in [0.5, 0.6) is 0 Å². The maximum atomic E-state index is 3.55. The first-order chi connectivity index (χ1) is 6.84. The van der Waals surface area contributed by atoms with E-state index in [4.69, 9.17) is 0 Å². The van der Waals surface area contributed by atoms with E-state index in [-0.39, 0.29) is 0 Å². The molecule has 0 saturated carbocycles. The molecule has 0 amide bonds. The molecule has 1 aromatic rings. The zero-order valence-corrected chi connectivity index (χ0v) is 10.4. The number of hydrogen-bond donors (Lipinski definition) is 1. The zero-order chi connectivity index (χ0) is 9.80. The summed E-state index contributed by atoms with van der Waals surface area (Å²) < 4.78 is 1.19. The zero-order valence-electron chi connectivity index (χ0n) is 8.00. The van der Waals surface area contributed by atoms with Crippen LogP contribution in [0.15, 0.2) is 28.1 Å². The molecule has 1 unspecified atom stereocenters. The van der Waals surface area contributed by atoms with E-state index in [1.165, 1.54) is 28.6 Å². The predicted octanol–water partition coefficient (Wildman–Crippen LogP) is 3.71. The largest absolute Gasteiger partial charge is 0.306 e. The summed E-state index contributed by atoms with van der Waals surface area (Å²) in [4.78, 5) is 1.40. The Kier molecular flexibility index (Phi) is 3.79. The lowest BCUT2D eigenvalue weighted by atomic mass is 10.0. The van der Waals surface area contributed by atoms with E-state index >= 15 is 0 Å². The highest BCUT2D eigenvalue weighted by molar-refractivity contribution is 9.10. The van der Waals surface area contributed by atoms with Gasteiger partial charge in [-0.05, 0) is 41.3 Å². The average Bonchev–Trinajstić information content (AvgIpc) is 2.63. The van der Waals surface area contributed by atoms with Crippen LogP contribution in [-0.4, -0.2) is 6.04 Å². The van der Waals surface area contributed by atoms with Gasteiger partial charge in [-0.1, -0.05) is 12.2 Å². The lowest BCUT2D eigenvalue weighted by Gasteiger charge is -2.17. The van der Waals surface area contributed by atoms with Crippen LogP contribution in [0.25, 0.3) is 0 Å². The van der Waals surface area contributed by atoms with E-state index in [1.807, 2.05) is 0 Å². The molecule has 2 rings (SSSR count). The highest BCUT2D eigenvalue weighted by Crippen LogP contribution is 2.20. The molecule has 1 nitrogen and oxygen atoms in total. The maximum absolute atomic E-state index is 3.55. The summed E-state index contributed by atoms with van der Waals surface area (Å²) in [7, 11) is 0. The van der Waals surface area contributed by atoms with Crippen LogP contribution in [0, 0.1) is 0 Å². The molecule has 1 aliphatic rings. The van der Waals surface area contributed by atoms with E-state index in [2.05, 4.69) is 44.8 Å². The van der Waals surface area contributed by atoms with Crippen LogP contribution in [0.2, 0.25) is 0 Å². The number of thiophene rings is 1. The van der Waals surface area contributed by atoms with E-state index in [0.29, 0.717) is 6.04 Å². The van der Waals surface area contributed by atoms with E-state index < -0.39 is 0 Å². The molecule has 1 heterocycles. The van der Waals surface area contributed by atoms with Gasteiger partial charge in [0.2, 0.25) is 0 Å². The van der Waals surface area contributed by atoms with Crippen molar-refractivity contribution in [2.45, 2.75) is 31.8 Å². The Bertz CT molecular complexity index is 319. The minimum atomic E-state index is 0.588. The molecule has 1 aliphatic carbocycles. The number of nitrogens with one attached hydrogen (secondary N) is 1. The Morgan fingerprint density at radius 3 is 3.14 bits per heavy atom. The van der Waals surface area contributed by atoms with Gasteiger partial charge in [-0.3, -0.25) is 0 Å². The predicted molar refractivity (Wildman–Crippen MR) is 65.6 cm³/mol. The van der Waals surface area contributed by atoms with Crippen molar-refractivity contribution >= 4 is 27.3 Å². The molecule has 0 spiro atoms. The van der Waals surface area contributed by atoms with Gasteiger partial charge in [0.25, 0.3) is 0 Å². The van der Waals surface area contributed by atoms with Crippen LogP contribution in [0.3, 0.4) is 0 Å². The third kappa shape index (κ3) is 2.94. The highest BCUT2D eigenvalue weighted by atomic mass is 79.9. The summed E-state index contributed by atoms with van der Waals surface area (Å²) in [6.07, 6.45) is 8.44. The Morgan fingerprint density at radius 2 is 2.50 bits per heavy atom. The molecule has 1 aromatic heterocycles. The normalized spacial score (nSPS) is 21.4. The van der Waals surface area contributed by atoms with E-state index in [0.717, 1.165) is 6.54 Å². The number of hydrogen-bond acceptors (Lipinski definition) is 2. The van der Waals surface area contributed by atoms with Gasteiger partial charge in [-0.15, -0.1) is 11.3 Å². The molecule has 0 aliphatic heterocycles. The van der Waals surface area contributed by atoms with Crippen molar-refractivity contribution in [2.24, 2.45) is 0 Å². The van der Waals surface area contributed by atoms with Crippen molar-refractivity contribution in [1.82, 2.24) is 5.32 Å². The fraction of sp³-hybridized carbons (Fsp3) is 0.455. The van der Waals surface area contributed by atoms with E-state index in [1.54, 1.807) is 11.3 Å². The third-order valence-corrected chi connectivity index (χ3v) is 4.11. The van der Waals surface area contributed by atoms with Gasteiger partial charge in [-0.25, -0.2) is 0 Å². The van der Waals surface area contributed by atoms with Gasteiger partial charge in [0.1, 0.15) is 0 Å². The van der Waals surface area contributed by atoms with E-state index in [9.17, 15) is 0 Å².